The van der Waals surface area contributed by atoms with Crippen LogP contribution in [0.25, 0.3) is 0 Å². The maximum Gasteiger partial charge on any atom is 0.258 e. The largest absolute Gasteiger partial charge is 0.326 e. The highest BCUT2D eigenvalue weighted by Gasteiger charge is 2.28. The molecular weight excluding hydrogens is 330 g/mol. The summed E-state index contributed by atoms with van der Waals surface area (Å²) >= 11 is 0. The number of carbonyl (C=O) groups is 3. The summed E-state index contributed by atoms with van der Waals surface area (Å²) in [5.41, 5.74) is 1.67. The van der Waals surface area contributed by atoms with Crippen molar-refractivity contribution >= 4 is 34.8 Å². The van der Waals surface area contributed by atoms with E-state index in [2.05, 4.69) is 10.6 Å². The summed E-state index contributed by atoms with van der Waals surface area (Å²) in [4.78, 5) is 38.5. The average Bonchev–Trinajstić information content (AvgIpc) is 2.59. The molecule has 0 bridgehead atoms. The number of rotatable bonds is 2. The Hall–Kier alpha value is -3.15. The van der Waals surface area contributed by atoms with Gasteiger partial charge in [-0.05, 0) is 30.3 Å². The molecule has 2 N–H and O–H groups in total. The van der Waals surface area contributed by atoms with E-state index in [0.717, 1.165) is 0 Å². The zero-order valence-corrected chi connectivity index (χ0v) is 15.0. The number of carbonyl (C=O) groups excluding carboxylic acids is 3. The summed E-state index contributed by atoms with van der Waals surface area (Å²) in [5, 5.41) is 5.58. The third-order valence-electron chi connectivity index (χ3n) is 4.06. The lowest BCUT2D eigenvalue weighted by Gasteiger charge is -2.29. The standard InChI is InChI=1S/C20H21N3O3/c1-20(2,3)19(26)21-14-8-6-7-13(11-14)18(25)23-12-17(24)22-15-9-4-5-10-16(15)23/h4-11H,12H2,1-3H3,(H,21,26)(H,22,24). The summed E-state index contributed by atoms with van der Waals surface area (Å²) in [5.74, 6) is -0.668. The summed E-state index contributed by atoms with van der Waals surface area (Å²) in [6.45, 7) is 5.41. The summed E-state index contributed by atoms with van der Waals surface area (Å²) in [6, 6.07) is 13.9. The third kappa shape index (κ3) is 3.59. The molecule has 0 aromatic heterocycles. The van der Waals surface area contributed by atoms with Crippen LogP contribution in [0.2, 0.25) is 0 Å². The van der Waals surface area contributed by atoms with Crippen molar-refractivity contribution in [1.82, 2.24) is 0 Å². The van der Waals surface area contributed by atoms with Crippen LogP contribution in [0.1, 0.15) is 31.1 Å². The molecule has 0 atom stereocenters. The van der Waals surface area contributed by atoms with Crippen molar-refractivity contribution in [3.63, 3.8) is 0 Å². The van der Waals surface area contributed by atoms with Crippen LogP contribution >= 0.6 is 0 Å². The maximum atomic E-state index is 13.0. The van der Waals surface area contributed by atoms with Crippen LogP contribution in [0.3, 0.4) is 0 Å². The summed E-state index contributed by atoms with van der Waals surface area (Å²) in [6.07, 6.45) is 0. The maximum absolute atomic E-state index is 13.0. The Balaban J connectivity index is 1.88. The zero-order valence-electron chi connectivity index (χ0n) is 15.0. The van der Waals surface area contributed by atoms with Crippen molar-refractivity contribution in [2.75, 3.05) is 22.1 Å². The SMILES string of the molecule is CC(C)(C)C(=O)Nc1cccc(C(=O)N2CC(=O)Nc3ccccc32)c1. The van der Waals surface area contributed by atoms with Crippen LogP contribution < -0.4 is 15.5 Å². The Bertz CT molecular complexity index is 884. The molecule has 26 heavy (non-hydrogen) atoms. The molecule has 0 aliphatic carbocycles. The lowest BCUT2D eigenvalue weighted by Crippen LogP contribution is -2.42. The topological polar surface area (TPSA) is 78.5 Å². The van der Waals surface area contributed by atoms with Crippen LogP contribution in [0.15, 0.2) is 48.5 Å². The van der Waals surface area contributed by atoms with Crippen molar-refractivity contribution in [3.05, 3.63) is 54.1 Å². The highest BCUT2D eigenvalue weighted by Crippen LogP contribution is 2.30. The Kier molecular flexibility index (Phi) is 4.50. The van der Waals surface area contributed by atoms with Crippen molar-refractivity contribution < 1.29 is 14.4 Å². The Morgan fingerprint density at radius 1 is 1.08 bits per heavy atom. The fourth-order valence-electron chi connectivity index (χ4n) is 2.62. The number of nitrogens with one attached hydrogen (secondary N) is 2. The number of para-hydroxylation sites is 2. The van der Waals surface area contributed by atoms with Gasteiger partial charge in [-0.3, -0.25) is 19.3 Å². The molecule has 3 amide bonds. The first-order chi connectivity index (χ1) is 12.3. The van der Waals surface area contributed by atoms with Gasteiger partial charge < -0.3 is 10.6 Å². The average molecular weight is 351 g/mol. The predicted octanol–water partition coefficient (Wildman–Crippen LogP) is 3.27. The molecule has 1 aliphatic heterocycles. The molecule has 1 aliphatic rings. The van der Waals surface area contributed by atoms with E-state index in [4.69, 9.17) is 0 Å². The number of hydrogen-bond donors (Lipinski definition) is 2. The van der Waals surface area contributed by atoms with Crippen LogP contribution in [0.5, 0.6) is 0 Å². The van der Waals surface area contributed by atoms with E-state index in [-0.39, 0.29) is 24.3 Å². The second-order valence-corrected chi connectivity index (χ2v) is 7.24. The second kappa shape index (κ2) is 6.63. The highest BCUT2D eigenvalue weighted by molar-refractivity contribution is 6.15. The molecule has 6 nitrogen and oxygen atoms in total. The normalized spacial score (nSPS) is 13.7. The molecule has 3 rings (SSSR count). The first-order valence-corrected chi connectivity index (χ1v) is 8.38. The molecule has 0 saturated carbocycles. The van der Waals surface area contributed by atoms with E-state index in [1.54, 1.807) is 42.5 Å². The molecule has 134 valence electrons. The van der Waals surface area contributed by atoms with Gasteiger partial charge >= 0.3 is 0 Å². The highest BCUT2D eigenvalue weighted by atomic mass is 16.2. The van der Waals surface area contributed by atoms with Gasteiger partial charge in [0.1, 0.15) is 6.54 Å². The molecule has 0 spiro atoms. The molecule has 0 radical (unpaired) electrons. The van der Waals surface area contributed by atoms with Crippen molar-refractivity contribution in [1.29, 1.82) is 0 Å². The van der Waals surface area contributed by atoms with Gasteiger partial charge in [0.15, 0.2) is 0 Å². The minimum atomic E-state index is -0.538. The van der Waals surface area contributed by atoms with Crippen LogP contribution in [-0.4, -0.2) is 24.3 Å². The van der Waals surface area contributed by atoms with E-state index in [1.807, 2.05) is 26.8 Å². The first-order valence-electron chi connectivity index (χ1n) is 8.38. The Morgan fingerprint density at radius 2 is 1.81 bits per heavy atom. The van der Waals surface area contributed by atoms with Crippen LogP contribution in [0, 0.1) is 5.41 Å². The molecule has 2 aromatic carbocycles. The van der Waals surface area contributed by atoms with Crippen LogP contribution in [-0.2, 0) is 9.59 Å². The number of benzene rings is 2. The molecule has 6 heteroatoms. The van der Waals surface area contributed by atoms with E-state index in [9.17, 15) is 14.4 Å². The fraction of sp³-hybridized carbons (Fsp3) is 0.250. The van der Waals surface area contributed by atoms with Gasteiger partial charge in [-0.1, -0.05) is 39.0 Å². The van der Waals surface area contributed by atoms with E-state index in [1.165, 1.54) is 4.90 Å². The minimum Gasteiger partial charge on any atom is -0.326 e. The van der Waals surface area contributed by atoms with Gasteiger partial charge in [0, 0.05) is 16.7 Å². The van der Waals surface area contributed by atoms with Gasteiger partial charge in [0.2, 0.25) is 11.8 Å². The van der Waals surface area contributed by atoms with Gasteiger partial charge in [-0.25, -0.2) is 0 Å². The molecule has 0 fully saturated rings. The van der Waals surface area contributed by atoms with Crippen molar-refractivity contribution in [3.8, 4) is 0 Å². The first kappa shape index (κ1) is 17.7. The summed E-state index contributed by atoms with van der Waals surface area (Å²) < 4.78 is 0. The van der Waals surface area contributed by atoms with Crippen LogP contribution in [0.4, 0.5) is 17.1 Å². The number of nitrogens with zero attached hydrogens (tertiary/aromatic N) is 1. The van der Waals surface area contributed by atoms with Gasteiger partial charge in [-0.15, -0.1) is 0 Å². The van der Waals surface area contributed by atoms with E-state index >= 15 is 0 Å². The van der Waals surface area contributed by atoms with Crippen molar-refractivity contribution in [2.24, 2.45) is 5.41 Å². The fourth-order valence-corrected chi connectivity index (χ4v) is 2.62. The monoisotopic (exact) mass is 351 g/mol. The van der Waals surface area contributed by atoms with Gasteiger partial charge in [0.25, 0.3) is 5.91 Å². The quantitative estimate of drug-likeness (QED) is 0.871. The van der Waals surface area contributed by atoms with Gasteiger partial charge in [-0.2, -0.15) is 0 Å². The Morgan fingerprint density at radius 3 is 2.54 bits per heavy atom. The molecule has 1 heterocycles. The van der Waals surface area contributed by atoms with Gasteiger partial charge in [0.05, 0.1) is 11.4 Å². The molecule has 0 saturated heterocycles. The second-order valence-electron chi connectivity index (χ2n) is 7.24. The Labute approximate surface area is 152 Å². The lowest BCUT2D eigenvalue weighted by molar-refractivity contribution is -0.123. The van der Waals surface area contributed by atoms with E-state index in [0.29, 0.717) is 22.6 Å². The molecular formula is C20H21N3O3. The number of hydrogen-bond acceptors (Lipinski definition) is 3. The number of amides is 3. The number of fused-ring (bicyclic) bond motifs is 1. The molecule has 0 unspecified atom stereocenters. The third-order valence-corrected chi connectivity index (χ3v) is 4.06. The number of anilines is 3. The van der Waals surface area contributed by atoms with E-state index < -0.39 is 5.41 Å². The zero-order chi connectivity index (χ0) is 18.9. The lowest BCUT2D eigenvalue weighted by atomic mass is 9.95. The van der Waals surface area contributed by atoms with Crippen molar-refractivity contribution in [2.45, 2.75) is 20.8 Å². The smallest absolute Gasteiger partial charge is 0.258 e. The predicted molar refractivity (Wildman–Crippen MR) is 101 cm³/mol. The minimum absolute atomic E-state index is 0.0472. The molecule has 2 aromatic rings. The summed E-state index contributed by atoms with van der Waals surface area (Å²) in [7, 11) is 0.